The summed E-state index contributed by atoms with van der Waals surface area (Å²) in [6.45, 7) is 7.73. The van der Waals surface area contributed by atoms with E-state index in [9.17, 15) is 4.79 Å². The molecule has 20 heavy (non-hydrogen) atoms. The molecule has 0 spiro atoms. The third-order valence-corrected chi connectivity index (χ3v) is 5.13. The number of piperazine rings is 1. The molecule has 0 aromatic heterocycles. The standard InChI is InChI=1S/C16H30N2O2/c1-3-14-6-4-5-7-15(14)18-12-10-17(11-13-18)9-8-16(19)20-2/h14-15H,3-13H2,1-2H3. The van der Waals surface area contributed by atoms with Gasteiger partial charge in [0.05, 0.1) is 13.5 Å². The summed E-state index contributed by atoms with van der Waals surface area (Å²) in [6.07, 6.45) is 7.49. The quantitative estimate of drug-likeness (QED) is 0.723. The lowest BCUT2D eigenvalue weighted by molar-refractivity contribution is -0.141. The summed E-state index contributed by atoms with van der Waals surface area (Å²) in [6, 6.07) is 0.816. The van der Waals surface area contributed by atoms with Crippen molar-refractivity contribution in [3.05, 3.63) is 0 Å². The first-order valence-corrected chi connectivity index (χ1v) is 8.27. The van der Waals surface area contributed by atoms with Gasteiger partial charge in [-0.25, -0.2) is 0 Å². The predicted molar refractivity (Wildman–Crippen MR) is 80.7 cm³/mol. The topological polar surface area (TPSA) is 32.8 Å². The Bertz CT molecular complexity index is 301. The maximum Gasteiger partial charge on any atom is 0.306 e. The van der Waals surface area contributed by atoms with E-state index in [2.05, 4.69) is 16.7 Å². The average molecular weight is 282 g/mol. The summed E-state index contributed by atoms with van der Waals surface area (Å²) < 4.78 is 4.71. The van der Waals surface area contributed by atoms with Crippen molar-refractivity contribution < 1.29 is 9.53 Å². The van der Waals surface area contributed by atoms with Crippen molar-refractivity contribution in [3.8, 4) is 0 Å². The highest BCUT2D eigenvalue weighted by Crippen LogP contribution is 2.31. The van der Waals surface area contributed by atoms with Crippen LogP contribution in [0.3, 0.4) is 0 Å². The number of hydrogen-bond acceptors (Lipinski definition) is 4. The van der Waals surface area contributed by atoms with E-state index in [4.69, 9.17) is 4.74 Å². The number of esters is 1. The van der Waals surface area contributed by atoms with Crippen LogP contribution in [0.15, 0.2) is 0 Å². The Kier molecular flexibility index (Phi) is 6.30. The van der Waals surface area contributed by atoms with Gasteiger partial charge in [-0.3, -0.25) is 9.69 Å². The van der Waals surface area contributed by atoms with Crippen molar-refractivity contribution in [2.75, 3.05) is 39.8 Å². The molecule has 0 aromatic rings. The zero-order valence-electron chi connectivity index (χ0n) is 13.1. The van der Waals surface area contributed by atoms with Gasteiger partial charge < -0.3 is 9.64 Å². The van der Waals surface area contributed by atoms with E-state index in [-0.39, 0.29) is 5.97 Å². The molecule has 1 heterocycles. The molecule has 2 atom stereocenters. The second-order valence-corrected chi connectivity index (χ2v) is 6.22. The lowest BCUT2D eigenvalue weighted by atomic mass is 9.81. The van der Waals surface area contributed by atoms with Crippen LogP contribution < -0.4 is 0 Å². The van der Waals surface area contributed by atoms with E-state index in [0.717, 1.165) is 31.6 Å². The molecule has 1 aliphatic heterocycles. The van der Waals surface area contributed by atoms with Gasteiger partial charge in [0.2, 0.25) is 0 Å². The summed E-state index contributed by atoms with van der Waals surface area (Å²) in [5.41, 5.74) is 0. The van der Waals surface area contributed by atoms with Crippen molar-refractivity contribution in [2.45, 2.75) is 51.5 Å². The van der Waals surface area contributed by atoms with Crippen molar-refractivity contribution in [2.24, 2.45) is 5.92 Å². The Morgan fingerprint density at radius 2 is 1.85 bits per heavy atom. The highest BCUT2D eigenvalue weighted by molar-refractivity contribution is 5.69. The van der Waals surface area contributed by atoms with Gasteiger partial charge in [0.1, 0.15) is 0 Å². The Labute approximate surface area is 123 Å². The molecule has 0 bridgehead atoms. The second kappa shape index (κ2) is 7.99. The first kappa shape index (κ1) is 15.8. The van der Waals surface area contributed by atoms with Gasteiger partial charge in [0.15, 0.2) is 0 Å². The molecule has 1 aliphatic carbocycles. The largest absolute Gasteiger partial charge is 0.469 e. The summed E-state index contributed by atoms with van der Waals surface area (Å²) in [5, 5.41) is 0. The smallest absolute Gasteiger partial charge is 0.306 e. The SMILES string of the molecule is CCC1CCCCC1N1CCN(CCC(=O)OC)CC1. The van der Waals surface area contributed by atoms with Crippen LogP contribution in [0.4, 0.5) is 0 Å². The van der Waals surface area contributed by atoms with Crippen LogP contribution in [0, 0.1) is 5.92 Å². The van der Waals surface area contributed by atoms with Crippen molar-refractivity contribution in [1.29, 1.82) is 0 Å². The molecule has 116 valence electrons. The monoisotopic (exact) mass is 282 g/mol. The number of nitrogens with zero attached hydrogens (tertiary/aromatic N) is 2. The third-order valence-electron chi connectivity index (χ3n) is 5.13. The maximum atomic E-state index is 11.2. The normalized spacial score (nSPS) is 29.3. The zero-order valence-corrected chi connectivity index (χ0v) is 13.1. The van der Waals surface area contributed by atoms with Gasteiger partial charge in [-0.15, -0.1) is 0 Å². The fraction of sp³-hybridized carbons (Fsp3) is 0.938. The molecule has 1 saturated heterocycles. The summed E-state index contributed by atoms with van der Waals surface area (Å²) >= 11 is 0. The third kappa shape index (κ3) is 4.19. The average Bonchev–Trinajstić information content (AvgIpc) is 2.53. The van der Waals surface area contributed by atoms with Crippen LogP contribution in [-0.2, 0) is 9.53 Å². The van der Waals surface area contributed by atoms with Crippen LogP contribution in [0.2, 0.25) is 0 Å². The van der Waals surface area contributed by atoms with Gasteiger partial charge >= 0.3 is 5.97 Å². The molecule has 1 saturated carbocycles. The van der Waals surface area contributed by atoms with Gasteiger partial charge in [0.25, 0.3) is 0 Å². The maximum absolute atomic E-state index is 11.2. The lowest BCUT2D eigenvalue weighted by Crippen LogP contribution is -2.53. The van der Waals surface area contributed by atoms with E-state index >= 15 is 0 Å². The molecular formula is C16H30N2O2. The van der Waals surface area contributed by atoms with Crippen LogP contribution in [0.25, 0.3) is 0 Å². The lowest BCUT2D eigenvalue weighted by Gasteiger charge is -2.44. The van der Waals surface area contributed by atoms with Crippen LogP contribution >= 0.6 is 0 Å². The van der Waals surface area contributed by atoms with Crippen molar-refractivity contribution in [1.82, 2.24) is 9.80 Å². The molecule has 4 heteroatoms. The first-order valence-electron chi connectivity index (χ1n) is 8.27. The van der Waals surface area contributed by atoms with E-state index < -0.39 is 0 Å². The molecule has 0 amide bonds. The minimum Gasteiger partial charge on any atom is -0.469 e. The van der Waals surface area contributed by atoms with E-state index in [0.29, 0.717) is 6.42 Å². The molecule has 0 aromatic carbocycles. The Morgan fingerprint density at radius 1 is 1.15 bits per heavy atom. The highest BCUT2D eigenvalue weighted by atomic mass is 16.5. The molecule has 2 rings (SSSR count). The number of carbonyl (C=O) groups is 1. The van der Waals surface area contributed by atoms with Gasteiger partial charge in [-0.2, -0.15) is 0 Å². The fourth-order valence-corrected chi connectivity index (χ4v) is 3.82. The Hall–Kier alpha value is -0.610. The molecule has 2 fully saturated rings. The minimum atomic E-state index is -0.0919. The van der Waals surface area contributed by atoms with E-state index in [1.165, 1.54) is 52.3 Å². The number of ether oxygens (including phenoxy) is 1. The number of methoxy groups -OCH3 is 1. The predicted octanol–water partition coefficient (Wildman–Crippen LogP) is 2.14. The highest BCUT2D eigenvalue weighted by Gasteiger charge is 2.30. The molecule has 2 unspecified atom stereocenters. The van der Waals surface area contributed by atoms with Gasteiger partial charge in [-0.05, 0) is 18.8 Å². The van der Waals surface area contributed by atoms with Crippen molar-refractivity contribution >= 4 is 5.97 Å². The van der Waals surface area contributed by atoms with Crippen LogP contribution in [0.1, 0.15) is 45.4 Å². The van der Waals surface area contributed by atoms with E-state index in [1.54, 1.807) is 0 Å². The summed E-state index contributed by atoms with van der Waals surface area (Å²) in [4.78, 5) is 16.3. The minimum absolute atomic E-state index is 0.0919. The second-order valence-electron chi connectivity index (χ2n) is 6.22. The zero-order chi connectivity index (χ0) is 14.4. The van der Waals surface area contributed by atoms with Gasteiger partial charge in [-0.1, -0.05) is 26.2 Å². The summed E-state index contributed by atoms with van der Waals surface area (Å²) in [7, 11) is 1.47. The fourth-order valence-electron chi connectivity index (χ4n) is 3.82. The number of hydrogen-bond donors (Lipinski definition) is 0. The van der Waals surface area contributed by atoms with Crippen LogP contribution in [0.5, 0.6) is 0 Å². The molecular weight excluding hydrogens is 252 g/mol. The van der Waals surface area contributed by atoms with Gasteiger partial charge in [0, 0.05) is 38.8 Å². The molecule has 4 nitrogen and oxygen atoms in total. The molecule has 2 aliphatic rings. The number of carbonyl (C=O) groups excluding carboxylic acids is 1. The Balaban J connectivity index is 1.74. The van der Waals surface area contributed by atoms with E-state index in [1.807, 2.05) is 0 Å². The van der Waals surface area contributed by atoms with Crippen molar-refractivity contribution in [3.63, 3.8) is 0 Å². The molecule has 0 radical (unpaired) electrons. The van der Waals surface area contributed by atoms with Crippen LogP contribution in [-0.4, -0.2) is 61.6 Å². The Morgan fingerprint density at radius 3 is 2.50 bits per heavy atom. The first-order chi connectivity index (χ1) is 9.74. The number of rotatable bonds is 5. The summed E-state index contributed by atoms with van der Waals surface area (Å²) in [5.74, 6) is 0.816. The molecule has 0 N–H and O–H groups in total.